The minimum Gasteiger partial charge on any atom is -0.414 e. The third-order valence-electron chi connectivity index (χ3n) is 4.90. The molecule has 112 valence electrons. The van der Waals surface area contributed by atoms with Crippen molar-refractivity contribution < 1.29 is 19.0 Å². The van der Waals surface area contributed by atoms with Gasteiger partial charge in [0, 0.05) is 6.42 Å². The summed E-state index contributed by atoms with van der Waals surface area (Å²) < 4.78 is 18.1. The van der Waals surface area contributed by atoms with Crippen LogP contribution in [0, 0.1) is 0 Å². The predicted molar refractivity (Wildman–Crippen MR) is 76.8 cm³/mol. The van der Waals surface area contributed by atoms with Gasteiger partial charge >= 0.3 is 0 Å². The molecule has 2 bridgehead atoms. The van der Waals surface area contributed by atoms with Crippen LogP contribution in [0.5, 0.6) is 0 Å². The van der Waals surface area contributed by atoms with Gasteiger partial charge in [-0.2, -0.15) is 0 Å². The number of ether oxygens (including phenoxy) is 2. The van der Waals surface area contributed by atoms with Crippen LogP contribution in [0.2, 0.25) is 18.1 Å². The molecule has 0 aromatic rings. The summed E-state index contributed by atoms with van der Waals surface area (Å²) in [6.45, 7) is 14.2. The van der Waals surface area contributed by atoms with E-state index < -0.39 is 20.0 Å². The summed E-state index contributed by atoms with van der Waals surface area (Å²) in [5.41, 5.74) is -0.455. The van der Waals surface area contributed by atoms with Crippen molar-refractivity contribution in [1.82, 2.24) is 0 Å². The molecule has 1 N–H and O–H groups in total. The summed E-state index contributed by atoms with van der Waals surface area (Å²) in [7, 11) is -1.80. The Morgan fingerprint density at radius 1 is 1.37 bits per heavy atom. The Hall–Kier alpha value is 0.0569. The highest BCUT2D eigenvalue weighted by atomic mass is 28.4. The summed E-state index contributed by atoms with van der Waals surface area (Å²) in [6.07, 6.45) is -0.0350. The van der Waals surface area contributed by atoms with E-state index in [1.165, 1.54) is 0 Å². The van der Waals surface area contributed by atoms with Gasteiger partial charge in [-0.1, -0.05) is 20.8 Å². The number of fused-ring (bicyclic) bond motifs is 3. The highest BCUT2D eigenvalue weighted by Gasteiger charge is 2.52. The van der Waals surface area contributed by atoms with Gasteiger partial charge < -0.3 is 19.0 Å². The van der Waals surface area contributed by atoms with Gasteiger partial charge in [0.15, 0.2) is 8.32 Å². The summed E-state index contributed by atoms with van der Waals surface area (Å²) in [6, 6.07) is 0. The van der Waals surface area contributed by atoms with Gasteiger partial charge in [0.1, 0.15) is 11.7 Å². The van der Waals surface area contributed by atoms with Crippen molar-refractivity contribution in [2.24, 2.45) is 0 Å². The monoisotopic (exact) mass is 288 g/mol. The fourth-order valence-electron chi connectivity index (χ4n) is 2.57. The zero-order valence-corrected chi connectivity index (χ0v) is 14.0. The van der Waals surface area contributed by atoms with Crippen molar-refractivity contribution in [3.63, 3.8) is 0 Å². The van der Waals surface area contributed by atoms with Crippen molar-refractivity contribution in [2.45, 2.75) is 76.2 Å². The molecule has 3 saturated heterocycles. The van der Waals surface area contributed by atoms with Crippen LogP contribution >= 0.6 is 0 Å². The molecule has 3 fully saturated rings. The smallest absolute Gasteiger partial charge is 0.192 e. The van der Waals surface area contributed by atoms with Crippen molar-refractivity contribution in [3.8, 4) is 0 Å². The van der Waals surface area contributed by atoms with Crippen molar-refractivity contribution in [1.29, 1.82) is 0 Å². The minimum absolute atomic E-state index is 0.0551. The average molecular weight is 288 g/mol. The van der Waals surface area contributed by atoms with Crippen molar-refractivity contribution >= 4 is 8.32 Å². The Bertz CT molecular complexity index is 325. The zero-order valence-electron chi connectivity index (χ0n) is 13.0. The largest absolute Gasteiger partial charge is 0.414 e. The van der Waals surface area contributed by atoms with Crippen molar-refractivity contribution in [3.05, 3.63) is 0 Å². The maximum absolute atomic E-state index is 10.1. The Morgan fingerprint density at radius 2 is 2.00 bits per heavy atom. The summed E-state index contributed by atoms with van der Waals surface area (Å²) in [5.74, 6) is 0. The molecule has 3 aliphatic heterocycles. The molecule has 0 saturated carbocycles. The highest BCUT2D eigenvalue weighted by molar-refractivity contribution is 6.74. The van der Waals surface area contributed by atoms with Crippen LogP contribution in [0.25, 0.3) is 0 Å². The first-order valence-corrected chi connectivity index (χ1v) is 10.1. The number of rotatable bonds is 3. The average Bonchev–Trinajstić information content (AvgIpc) is 2.25. The quantitative estimate of drug-likeness (QED) is 0.810. The van der Waals surface area contributed by atoms with Gasteiger partial charge in [0.25, 0.3) is 0 Å². The molecule has 19 heavy (non-hydrogen) atoms. The maximum atomic E-state index is 10.1. The molecule has 0 spiro atoms. The molecule has 3 aliphatic rings. The van der Waals surface area contributed by atoms with Crippen molar-refractivity contribution in [2.75, 3.05) is 13.2 Å². The third kappa shape index (κ3) is 2.90. The molecule has 0 radical (unpaired) electrons. The first kappa shape index (κ1) is 15.4. The van der Waals surface area contributed by atoms with Gasteiger partial charge in [0.05, 0.1) is 25.4 Å². The lowest BCUT2D eigenvalue weighted by Crippen LogP contribution is -2.65. The standard InChI is InChI=1S/C14H28O4Si/c1-10-12-11(15)7-14(18-10,8-16-12)9-17-19(5,6)13(2,3)4/h10-12,15H,7-9H2,1-6H3. The lowest BCUT2D eigenvalue weighted by Gasteiger charge is -2.52. The number of hydrogen-bond acceptors (Lipinski definition) is 4. The SMILES string of the molecule is CC1OC2(CO[Si](C)(C)C(C)(C)C)COC1C(O)C2. The molecular weight excluding hydrogens is 260 g/mol. The first-order chi connectivity index (χ1) is 8.56. The Balaban J connectivity index is 2.03. The van der Waals surface area contributed by atoms with Gasteiger partial charge in [0.2, 0.25) is 0 Å². The number of aliphatic hydroxyl groups excluding tert-OH is 1. The van der Waals surface area contributed by atoms with E-state index in [0.29, 0.717) is 19.6 Å². The second kappa shape index (κ2) is 4.81. The number of aliphatic hydroxyl groups is 1. The molecule has 4 unspecified atom stereocenters. The molecule has 4 atom stereocenters. The molecule has 0 amide bonds. The van der Waals surface area contributed by atoms with Crippen LogP contribution in [0.3, 0.4) is 0 Å². The van der Waals surface area contributed by atoms with Crippen LogP contribution in [-0.4, -0.2) is 50.6 Å². The maximum Gasteiger partial charge on any atom is 0.192 e. The summed E-state index contributed by atoms with van der Waals surface area (Å²) >= 11 is 0. The van der Waals surface area contributed by atoms with Crippen LogP contribution in [0.4, 0.5) is 0 Å². The molecule has 4 nitrogen and oxygen atoms in total. The Morgan fingerprint density at radius 3 is 2.47 bits per heavy atom. The topological polar surface area (TPSA) is 47.9 Å². The minimum atomic E-state index is -1.80. The second-order valence-corrected chi connectivity index (χ2v) is 12.4. The summed E-state index contributed by atoms with van der Waals surface area (Å²) in [4.78, 5) is 0. The molecule has 3 heterocycles. The predicted octanol–water partition coefficient (Wildman–Crippen LogP) is 2.32. The van der Waals surface area contributed by atoms with E-state index >= 15 is 0 Å². The summed E-state index contributed by atoms with van der Waals surface area (Å²) in [5, 5.41) is 10.3. The van der Waals surface area contributed by atoms with E-state index in [1.807, 2.05) is 6.92 Å². The lowest BCUT2D eigenvalue weighted by atomic mass is 9.86. The van der Waals surface area contributed by atoms with Gasteiger partial charge in [-0.3, -0.25) is 0 Å². The van der Waals surface area contributed by atoms with E-state index in [-0.39, 0.29) is 17.2 Å². The Labute approximate surface area is 117 Å². The van der Waals surface area contributed by atoms with Crippen LogP contribution in [-0.2, 0) is 13.9 Å². The fourth-order valence-corrected chi connectivity index (χ4v) is 3.63. The van der Waals surface area contributed by atoms with Crippen LogP contribution in [0.15, 0.2) is 0 Å². The van der Waals surface area contributed by atoms with Crippen LogP contribution in [0.1, 0.15) is 34.1 Å². The first-order valence-electron chi connectivity index (χ1n) is 7.18. The van der Waals surface area contributed by atoms with Gasteiger partial charge in [-0.25, -0.2) is 0 Å². The van der Waals surface area contributed by atoms with E-state index in [1.54, 1.807) is 0 Å². The van der Waals surface area contributed by atoms with E-state index in [4.69, 9.17) is 13.9 Å². The molecule has 5 heteroatoms. The lowest BCUT2D eigenvalue weighted by molar-refractivity contribution is -0.303. The Kier molecular flexibility index (Phi) is 3.91. The van der Waals surface area contributed by atoms with E-state index in [2.05, 4.69) is 33.9 Å². The normalized spacial score (nSPS) is 39.6. The highest BCUT2D eigenvalue weighted by Crippen LogP contribution is 2.41. The molecular formula is C14H28O4Si. The number of hydrogen-bond donors (Lipinski definition) is 1. The molecule has 0 aliphatic carbocycles. The fraction of sp³-hybridized carbons (Fsp3) is 1.00. The van der Waals surface area contributed by atoms with Crippen LogP contribution < -0.4 is 0 Å². The van der Waals surface area contributed by atoms with E-state index in [9.17, 15) is 5.11 Å². The van der Waals surface area contributed by atoms with Gasteiger partial charge in [-0.05, 0) is 25.1 Å². The molecule has 0 aromatic carbocycles. The third-order valence-corrected chi connectivity index (χ3v) is 9.38. The molecule has 3 rings (SSSR count). The zero-order chi connectivity index (χ0) is 14.5. The van der Waals surface area contributed by atoms with Gasteiger partial charge in [-0.15, -0.1) is 0 Å². The molecule has 0 aromatic heterocycles. The second-order valence-electron chi connectivity index (χ2n) is 7.60. The van der Waals surface area contributed by atoms with E-state index in [0.717, 1.165) is 0 Å².